The maximum absolute atomic E-state index is 12.8. The summed E-state index contributed by atoms with van der Waals surface area (Å²) in [5.74, 6) is 1.32. The predicted octanol–water partition coefficient (Wildman–Crippen LogP) is 3.87. The van der Waals surface area contributed by atoms with Gasteiger partial charge in [0.2, 0.25) is 5.91 Å². The van der Waals surface area contributed by atoms with Crippen molar-refractivity contribution in [2.75, 3.05) is 45.3 Å². The topological polar surface area (TPSA) is 59.8 Å². The van der Waals surface area contributed by atoms with Gasteiger partial charge in [-0.3, -0.25) is 4.79 Å². The van der Waals surface area contributed by atoms with Crippen LogP contribution >= 0.6 is 0 Å². The van der Waals surface area contributed by atoms with Crippen molar-refractivity contribution in [2.45, 2.75) is 13.8 Å². The van der Waals surface area contributed by atoms with Crippen LogP contribution in [0.5, 0.6) is 11.5 Å². The van der Waals surface area contributed by atoms with Gasteiger partial charge in [0, 0.05) is 32.3 Å². The highest BCUT2D eigenvalue weighted by atomic mass is 16.5. The first-order valence-electron chi connectivity index (χ1n) is 11.1. The number of carbonyl (C=O) groups is 1. The first-order chi connectivity index (χ1) is 16.0. The Balaban J connectivity index is 1.41. The van der Waals surface area contributed by atoms with Crippen LogP contribution in [0, 0.1) is 13.8 Å². The number of piperazine rings is 1. The fourth-order valence-electron chi connectivity index (χ4n) is 4.29. The highest BCUT2D eigenvalue weighted by molar-refractivity contribution is 5.92. The summed E-state index contributed by atoms with van der Waals surface area (Å²) in [7, 11) is 3.20. The van der Waals surface area contributed by atoms with Crippen LogP contribution in [0.15, 0.2) is 54.6 Å². The van der Waals surface area contributed by atoms with Crippen LogP contribution in [-0.2, 0) is 4.79 Å². The van der Waals surface area contributed by atoms with Crippen LogP contribution in [0.4, 0.5) is 5.69 Å². The molecule has 33 heavy (non-hydrogen) atoms. The number of anilines is 1. The minimum Gasteiger partial charge on any atom is -0.493 e. The van der Waals surface area contributed by atoms with Crippen LogP contribution in [0.2, 0.25) is 0 Å². The summed E-state index contributed by atoms with van der Waals surface area (Å²) in [5, 5.41) is 4.76. The molecule has 2 heterocycles. The summed E-state index contributed by atoms with van der Waals surface area (Å²) in [6.07, 6.45) is 3.44. The van der Waals surface area contributed by atoms with Crippen molar-refractivity contribution < 1.29 is 14.3 Å². The van der Waals surface area contributed by atoms with Crippen molar-refractivity contribution in [1.29, 1.82) is 0 Å². The molecule has 172 valence electrons. The molecule has 1 fully saturated rings. The third-order valence-corrected chi connectivity index (χ3v) is 5.99. The summed E-state index contributed by atoms with van der Waals surface area (Å²) in [4.78, 5) is 17.0. The van der Waals surface area contributed by atoms with E-state index in [4.69, 9.17) is 14.6 Å². The highest BCUT2D eigenvalue weighted by Gasteiger charge is 2.24. The predicted molar refractivity (Wildman–Crippen MR) is 130 cm³/mol. The van der Waals surface area contributed by atoms with E-state index in [0.29, 0.717) is 24.6 Å². The quantitative estimate of drug-likeness (QED) is 0.538. The number of aromatic nitrogens is 2. The molecule has 0 radical (unpaired) electrons. The number of carbonyl (C=O) groups excluding carboxylic acids is 1. The molecule has 3 aromatic rings. The second kappa shape index (κ2) is 9.81. The van der Waals surface area contributed by atoms with Crippen molar-refractivity contribution in [3.8, 4) is 17.2 Å². The van der Waals surface area contributed by atoms with Gasteiger partial charge in [0.1, 0.15) is 0 Å². The van der Waals surface area contributed by atoms with E-state index in [1.54, 1.807) is 20.3 Å². The molecule has 1 aliphatic heterocycles. The maximum Gasteiger partial charge on any atom is 0.246 e. The summed E-state index contributed by atoms with van der Waals surface area (Å²) in [6.45, 7) is 7.04. The van der Waals surface area contributed by atoms with Gasteiger partial charge in [0.05, 0.1) is 37.0 Å². The van der Waals surface area contributed by atoms with Gasteiger partial charge in [-0.05, 0) is 49.8 Å². The Morgan fingerprint density at radius 1 is 0.939 bits per heavy atom. The zero-order chi connectivity index (χ0) is 23.4. The highest BCUT2D eigenvalue weighted by Crippen LogP contribution is 2.29. The van der Waals surface area contributed by atoms with E-state index in [1.807, 2.05) is 59.0 Å². The van der Waals surface area contributed by atoms with E-state index in [-0.39, 0.29) is 5.91 Å². The Kier molecular flexibility index (Phi) is 6.68. The van der Waals surface area contributed by atoms with Crippen LogP contribution < -0.4 is 14.4 Å². The molecule has 0 bridgehead atoms. The second-order valence-corrected chi connectivity index (χ2v) is 8.03. The smallest absolute Gasteiger partial charge is 0.246 e. The van der Waals surface area contributed by atoms with Gasteiger partial charge in [0.25, 0.3) is 0 Å². The number of rotatable bonds is 6. The van der Waals surface area contributed by atoms with E-state index in [2.05, 4.69) is 24.0 Å². The van der Waals surface area contributed by atoms with Gasteiger partial charge in [0.15, 0.2) is 11.5 Å². The van der Waals surface area contributed by atoms with Gasteiger partial charge in [-0.1, -0.05) is 24.3 Å². The number of nitrogens with zero attached hydrogens (tertiary/aromatic N) is 4. The maximum atomic E-state index is 12.8. The summed E-state index contributed by atoms with van der Waals surface area (Å²) < 4.78 is 12.6. The molecule has 1 amide bonds. The Bertz CT molecular complexity index is 1150. The second-order valence-electron chi connectivity index (χ2n) is 8.03. The number of benzene rings is 2. The van der Waals surface area contributed by atoms with Gasteiger partial charge in [-0.2, -0.15) is 5.10 Å². The minimum atomic E-state index is 0.0119. The Hall–Kier alpha value is -3.74. The molecule has 0 aliphatic carbocycles. The van der Waals surface area contributed by atoms with Crippen molar-refractivity contribution in [3.05, 3.63) is 71.6 Å². The van der Waals surface area contributed by atoms with E-state index >= 15 is 0 Å². The largest absolute Gasteiger partial charge is 0.493 e. The van der Waals surface area contributed by atoms with E-state index in [0.717, 1.165) is 41.4 Å². The molecule has 1 saturated heterocycles. The molecule has 0 spiro atoms. The zero-order valence-electron chi connectivity index (χ0n) is 19.6. The van der Waals surface area contributed by atoms with Gasteiger partial charge < -0.3 is 19.3 Å². The lowest BCUT2D eigenvalue weighted by molar-refractivity contribution is -0.126. The van der Waals surface area contributed by atoms with Gasteiger partial charge >= 0.3 is 0 Å². The number of methoxy groups -OCH3 is 2. The molecular weight excluding hydrogens is 416 g/mol. The van der Waals surface area contributed by atoms with Gasteiger partial charge in [-0.15, -0.1) is 0 Å². The number of hydrogen-bond acceptors (Lipinski definition) is 5. The normalized spacial score (nSPS) is 14.1. The minimum absolute atomic E-state index is 0.0119. The number of ether oxygens (including phenoxy) is 2. The van der Waals surface area contributed by atoms with Crippen molar-refractivity contribution in [3.63, 3.8) is 0 Å². The van der Waals surface area contributed by atoms with Crippen LogP contribution in [0.25, 0.3) is 11.8 Å². The monoisotopic (exact) mass is 446 g/mol. The first kappa shape index (κ1) is 22.5. The van der Waals surface area contributed by atoms with Crippen molar-refractivity contribution in [2.24, 2.45) is 0 Å². The fourth-order valence-corrected chi connectivity index (χ4v) is 4.29. The molecule has 7 heteroatoms. The molecule has 0 unspecified atom stereocenters. The third kappa shape index (κ3) is 4.72. The summed E-state index contributed by atoms with van der Waals surface area (Å²) >= 11 is 0. The standard InChI is InChI=1S/C26H30N4O3/c1-19-26(20(2)30(27-19)22-8-6-5-7-9-22)29-16-14-28(15-17-29)25(31)13-11-21-10-12-23(32-3)24(18-21)33-4/h5-13,18H,14-17H2,1-4H3/b13-11+. The van der Waals surface area contributed by atoms with E-state index in [9.17, 15) is 4.79 Å². The van der Waals surface area contributed by atoms with Crippen molar-refractivity contribution >= 4 is 17.7 Å². The number of amides is 1. The number of para-hydroxylation sites is 1. The average molecular weight is 447 g/mol. The first-order valence-corrected chi connectivity index (χ1v) is 11.1. The van der Waals surface area contributed by atoms with Crippen LogP contribution in [0.1, 0.15) is 17.0 Å². The lowest BCUT2D eigenvalue weighted by Gasteiger charge is -2.35. The number of hydrogen-bond donors (Lipinski definition) is 0. The molecule has 4 rings (SSSR count). The lowest BCUT2D eigenvalue weighted by atomic mass is 10.1. The SMILES string of the molecule is COc1ccc(/C=C/C(=O)N2CCN(c3c(C)nn(-c4ccccc4)c3C)CC2)cc1OC. The molecular formula is C26H30N4O3. The van der Waals surface area contributed by atoms with E-state index in [1.165, 1.54) is 0 Å². The molecule has 0 N–H and O–H groups in total. The Morgan fingerprint density at radius 2 is 1.64 bits per heavy atom. The summed E-state index contributed by atoms with van der Waals surface area (Å²) in [6, 6.07) is 15.8. The zero-order valence-corrected chi connectivity index (χ0v) is 19.6. The molecule has 0 atom stereocenters. The van der Waals surface area contributed by atoms with Crippen LogP contribution in [0.3, 0.4) is 0 Å². The molecule has 1 aliphatic rings. The molecule has 2 aromatic carbocycles. The average Bonchev–Trinajstić information content (AvgIpc) is 3.16. The molecule has 1 aromatic heterocycles. The summed E-state index contributed by atoms with van der Waals surface area (Å²) in [5.41, 5.74) is 5.22. The van der Waals surface area contributed by atoms with Crippen molar-refractivity contribution in [1.82, 2.24) is 14.7 Å². The Morgan fingerprint density at radius 3 is 2.30 bits per heavy atom. The van der Waals surface area contributed by atoms with Crippen LogP contribution in [-0.4, -0.2) is 61.0 Å². The number of aryl methyl sites for hydroxylation is 1. The fraction of sp³-hybridized carbons (Fsp3) is 0.308. The molecule has 7 nitrogen and oxygen atoms in total. The molecule has 0 saturated carbocycles. The van der Waals surface area contributed by atoms with E-state index < -0.39 is 0 Å². The Labute approximate surface area is 194 Å². The van der Waals surface area contributed by atoms with Gasteiger partial charge in [-0.25, -0.2) is 4.68 Å². The third-order valence-electron chi connectivity index (χ3n) is 5.99. The lowest BCUT2D eigenvalue weighted by Crippen LogP contribution is -2.48.